The maximum atomic E-state index is 13.2. The summed E-state index contributed by atoms with van der Waals surface area (Å²) < 4.78 is 26.2. The van der Waals surface area contributed by atoms with Crippen LogP contribution in [-0.4, -0.2) is 10.1 Å². The molecule has 0 atom stereocenters. The fourth-order valence-corrected chi connectivity index (χ4v) is 1.68. The maximum Gasteiger partial charge on any atom is 0.252 e. The van der Waals surface area contributed by atoms with Crippen molar-refractivity contribution in [2.24, 2.45) is 0 Å². The van der Waals surface area contributed by atoms with E-state index in [1.165, 1.54) is 0 Å². The quantitative estimate of drug-likeness (QED) is 0.705. The van der Waals surface area contributed by atoms with E-state index in [-0.39, 0.29) is 5.52 Å². The van der Waals surface area contributed by atoms with Gasteiger partial charge in [0.1, 0.15) is 0 Å². The molecule has 0 saturated heterocycles. The largest absolute Gasteiger partial charge is 0.504 e. The van der Waals surface area contributed by atoms with Gasteiger partial charge in [0, 0.05) is 12.1 Å². The molecule has 0 fully saturated rings. The Labute approximate surface area is 97.1 Å². The van der Waals surface area contributed by atoms with E-state index >= 15 is 0 Å². The summed E-state index contributed by atoms with van der Waals surface area (Å²) in [4.78, 5) is 24.8. The zero-order valence-electron chi connectivity index (χ0n) is 8.05. The van der Waals surface area contributed by atoms with Gasteiger partial charge in [0.05, 0.1) is 15.9 Å². The highest BCUT2D eigenvalue weighted by molar-refractivity contribution is 6.35. The van der Waals surface area contributed by atoms with Gasteiger partial charge in [-0.1, -0.05) is 11.6 Å². The Bertz CT molecular complexity index is 742. The first-order chi connectivity index (χ1) is 7.91. The van der Waals surface area contributed by atoms with Gasteiger partial charge >= 0.3 is 0 Å². The second-order valence-corrected chi connectivity index (χ2v) is 3.63. The Morgan fingerprint density at radius 1 is 1.24 bits per heavy atom. The number of halogens is 3. The van der Waals surface area contributed by atoms with Crippen molar-refractivity contribution >= 4 is 22.5 Å². The Morgan fingerprint density at radius 3 is 2.53 bits per heavy atom. The second-order valence-electron chi connectivity index (χ2n) is 3.26. The number of nitrogens with one attached hydrogen (secondary N) is 1. The third-order valence-corrected chi connectivity index (χ3v) is 2.50. The van der Waals surface area contributed by atoms with Crippen molar-refractivity contribution in [3.8, 4) is 5.75 Å². The van der Waals surface area contributed by atoms with Crippen LogP contribution in [0.5, 0.6) is 5.75 Å². The molecule has 88 valence electrons. The van der Waals surface area contributed by atoms with Gasteiger partial charge in [0.25, 0.3) is 5.56 Å². The van der Waals surface area contributed by atoms with E-state index in [0.717, 1.165) is 0 Å². The van der Waals surface area contributed by atoms with Crippen LogP contribution in [-0.2, 0) is 0 Å². The van der Waals surface area contributed by atoms with Gasteiger partial charge in [-0.15, -0.1) is 0 Å². The highest BCUT2D eigenvalue weighted by Gasteiger charge is 2.15. The van der Waals surface area contributed by atoms with Crippen LogP contribution in [0.4, 0.5) is 8.78 Å². The standard InChI is InChI=1S/C10H4ClF2NO3/c11-8-7-4(1-3(12)9(8)13)14-6(16)2-5(15)10(7)17/h1-2H,(H,14,16)(H,15,17). The summed E-state index contributed by atoms with van der Waals surface area (Å²) in [5.74, 6) is -3.61. The summed E-state index contributed by atoms with van der Waals surface area (Å²) in [5.41, 5.74) is -2.18. The SMILES string of the molecule is O=c1cc(O)c(=O)c2c(Cl)c(F)c(F)cc2[nH]1. The lowest BCUT2D eigenvalue weighted by molar-refractivity contribution is 0.471. The molecule has 0 saturated carbocycles. The molecule has 2 aromatic rings. The van der Waals surface area contributed by atoms with E-state index in [1.54, 1.807) is 0 Å². The van der Waals surface area contributed by atoms with E-state index in [4.69, 9.17) is 11.6 Å². The molecule has 1 heterocycles. The molecule has 0 amide bonds. The van der Waals surface area contributed by atoms with Crippen LogP contribution >= 0.6 is 11.6 Å². The van der Waals surface area contributed by atoms with Crippen LogP contribution in [0.3, 0.4) is 0 Å². The average Bonchev–Trinajstić information content (AvgIpc) is 2.34. The van der Waals surface area contributed by atoms with Gasteiger partial charge in [0.2, 0.25) is 5.43 Å². The van der Waals surface area contributed by atoms with Gasteiger partial charge in [-0.25, -0.2) is 8.78 Å². The summed E-state index contributed by atoms with van der Waals surface area (Å²) in [6.45, 7) is 0. The number of rotatable bonds is 0. The number of hydrogen-bond donors (Lipinski definition) is 2. The maximum absolute atomic E-state index is 13.2. The number of aromatic amines is 1. The van der Waals surface area contributed by atoms with Gasteiger partial charge in [-0.2, -0.15) is 0 Å². The summed E-state index contributed by atoms with van der Waals surface area (Å²) in [5, 5.41) is 7.97. The number of benzene rings is 1. The first-order valence-corrected chi connectivity index (χ1v) is 4.73. The fraction of sp³-hybridized carbons (Fsp3) is 0. The van der Waals surface area contributed by atoms with E-state index in [1.807, 2.05) is 0 Å². The molecule has 0 aliphatic rings. The van der Waals surface area contributed by atoms with Crippen LogP contribution in [0.15, 0.2) is 21.7 Å². The lowest BCUT2D eigenvalue weighted by atomic mass is 10.2. The molecule has 17 heavy (non-hydrogen) atoms. The smallest absolute Gasteiger partial charge is 0.252 e. The van der Waals surface area contributed by atoms with Crippen LogP contribution in [0.25, 0.3) is 10.9 Å². The molecule has 4 nitrogen and oxygen atoms in total. The third-order valence-electron chi connectivity index (χ3n) is 2.15. The average molecular weight is 260 g/mol. The van der Waals surface area contributed by atoms with Crippen LogP contribution in [0, 0.1) is 11.6 Å². The molecule has 0 aliphatic heterocycles. The summed E-state index contributed by atoms with van der Waals surface area (Å²) in [6.07, 6.45) is 0. The molecule has 2 rings (SSSR count). The van der Waals surface area contributed by atoms with Crippen molar-refractivity contribution < 1.29 is 13.9 Å². The third kappa shape index (κ3) is 1.76. The first kappa shape index (κ1) is 11.5. The van der Waals surface area contributed by atoms with E-state index in [0.29, 0.717) is 12.1 Å². The number of fused-ring (bicyclic) bond motifs is 1. The van der Waals surface area contributed by atoms with Crippen LogP contribution in [0.1, 0.15) is 0 Å². The molecule has 0 unspecified atom stereocenters. The van der Waals surface area contributed by atoms with E-state index in [2.05, 4.69) is 4.98 Å². The molecule has 0 aliphatic carbocycles. The van der Waals surface area contributed by atoms with Gasteiger partial charge < -0.3 is 10.1 Å². The monoisotopic (exact) mass is 259 g/mol. The molecule has 2 N–H and O–H groups in total. The number of aromatic hydroxyl groups is 1. The summed E-state index contributed by atoms with van der Waals surface area (Å²) in [7, 11) is 0. The van der Waals surface area contributed by atoms with Gasteiger partial charge in [-0.05, 0) is 0 Å². The minimum absolute atomic E-state index is 0.288. The molecule has 7 heteroatoms. The predicted molar refractivity (Wildman–Crippen MR) is 57.4 cm³/mol. The Balaban J connectivity index is 3.22. The minimum atomic E-state index is -1.41. The first-order valence-electron chi connectivity index (χ1n) is 4.35. The highest BCUT2D eigenvalue weighted by Crippen LogP contribution is 2.25. The van der Waals surface area contributed by atoms with Crippen molar-refractivity contribution in [3.05, 3.63) is 49.4 Å². The van der Waals surface area contributed by atoms with Crippen LogP contribution < -0.4 is 11.0 Å². The highest BCUT2D eigenvalue weighted by atomic mass is 35.5. The molecule has 1 aromatic carbocycles. The van der Waals surface area contributed by atoms with Crippen molar-refractivity contribution in [2.75, 3.05) is 0 Å². The lowest BCUT2D eigenvalue weighted by Crippen LogP contribution is -2.01. The summed E-state index contributed by atoms with van der Waals surface area (Å²) in [6, 6.07) is 1.23. The molecule has 1 aromatic heterocycles. The molecule has 0 spiro atoms. The normalized spacial score (nSPS) is 10.8. The Hall–Kier alpha value is -1.95. The minimum Gasteiger partial charge on any atom is -0.504 e. The van der Waals surface area contributed by atoms with Gasteiger partial charge in [0.15, 0.2) is 17.4 Å². The number of aromatic nitrogens is 1. The Morgan fingerprint density at radius 2 is 1.88 bits per heavy atom. The van der Waals surface area contributed by atoms with Crippen molar-refractivity contribution in [2.45, 2.75) is 0 Å². The fourth-order valence-electron chi connectivity index (χ4n) is 1.40. The second kappa shape index (κ2) is 3.81. The van der Waals surface area contributed by atoms with Gasteiger partial charge in [-0.3, -0.25) is 9.59 Å². The van der Waals surface area contributed by atoms with Crippen molar-refractivity contribution in [1.29, 1.82) is 0 Å². The predicted octanol–water partition coefficient (Wildman–Crippen LogP) is 1.53. The van der Waals surface area contributed by atoms with E-state index in [9.17, 15) is 23.5 Å². The summed E-state index contributed by atoms with van der Waals surface area (Å²) >= 11 is 5.47. The molecule has 0 radical (unpaired) electrons. The van der Waals surface area contributed by atoms with Crippen LogP contribution in [0.2, 0.25) is 5.02 Å². The van der Waals surface area contributed by atoms with E-state index < -0.39 is 38.8 Å². The molecular formula is C10H4ClF2NO3. The Kier molecular flexibility index (Phi) is 2.59. The van der Waals surface area contributed by atoms with Crippen molar-refractivity contribution in [3.63, 3.8) is 0 Å². The zero-order chi connectivity index (χ0) is 12.7. The zero-order valence-corrected chi connectivity index (χ0v) is 8.81. The number of hydrogen-bond acceptors (Lipinski definition) is 3. The lowest BCUT2D eigenvalue weighted by Gasteiger charge is -1.99. The molecule has 0 bridgehead atoms. The molecular weight excluding hydrogens is 256 g/mol. The topological polar surface area (TPSA) is 70.2 Å². The number of H-pyrrole nitrogens is 1. The van der Waals surface area contributed by atoms with Crippen molar-refractivity contribution in [1.82, 2.24) is 4.98 Å².